The summed E-state index contributed by atoms with van der Waals surface area (Å²) in [6, 6.07) is 13.0. The monoisotopic (exact) mass is 491 g/mol. The molecule has 1 aromatic carbocycles. The van der Waals surface area contributed by atoms with E-state index in [0.717, 1.165) is 53.7 Å². The van der Waals surface area contributed by atoms with Gasteiger partial charge in [0, 0.05) is 29.0 Å². The molecule has 6 nitrogen and oxygen atoms in total. The number of nitrogens with zero attached hydrogens (tertiary/aromatic N) is 4. The van der Waals surface area contributed by atoms with Gasteiger partial charge in [0.15, 0.2) is 0 Å². The van der Waals surface area contributed by atoms with Crippen LogP contribution in [0.5, 0.6) is 0 Å². The van der Waals surface area contributed by atoms with Crippen LogP contribution in [-0.4, -0.2) is 25.8 Å². The molecule has 0 bridgehead atoms. The van der Waals surface area contributed by atoms with Gasteiger partial charge in [-0.2, -0.15) is 13.2 Å². The third-order valence-electron chi connectivity index (χ3n) is 6.59. The SMILES string of the molecule is Cc1cc2cc(C(=O)N(Cc3ccc(C(F)(F)F)cn3)C3CCCc4ncccc43)ccc2nc1N. The number of benzene rings is 1. The van der Waals surface area contributed by atoms with Crippen molar-refractivity contribution in [3.05, 3.63) is 94.6 Å². The van der Waals surface area contributed by atoms with Crippen LogP contribution in [0.25, 0.3) is 10.9 Å². The molecule has 3 heterocycles. The molecule has 36 heavy (non-hydrogen) atoms. The molecule has 0 saturated carbocycles. The first-order chi connectivity index (χ1) is 17.2. The Morgan fingerprint density at radius 1 is 1.14 bits per heavy atom. The van der Waals surface area contributed by atoms with E-state index >= 15 is 0 Å². The average molecular weight is 492 g/mol. The van der Waals surface area contributed by atoms with Crippen LogP contribution in [0.4, 0.5) is 19.0 Å². The number of nitrogen functional groups attached to an aromatic ring is 1. The molecule has 4 aromatic rings. The molecule has 1 aliphatic carbocycles. The summed E-state index contributed by atoms with van der Waals surface area (Å²) in [5.41, 5.74) is 9.31. The van der Waals surface area contributed by atoms with Crippen LogP contribution in [0.1, 0.15) is 57.3 Å². The van der Waals surface area contributed by atoms with Crippen LogP contribution < -0.4 is 5.73 Å². The van der Waals surface area contributed by atoms with Gasteiger partial charge >= 0.3 is 6.18 Å². The van der Waals surface area contributed by atoms with Gasteiger partial charge < -0.3 is 10.6 Å². The van der Waals surface area contributed by atoms with Gasteiger partial charge in [0.05, 0.1) is 29.4 Å². The second-order valence-electron chi connectivity index (χ2n) is 9.01. The zero-order chi connectivity index (χ0) is 25.4. The molecule has 0 saturated heterocycles. The number of carbonyl (C=O) groups excluding carboxylic acids is 1. The van der Waals surface area contributed by atoms with Gasteiger partial charge in [-0.15, -0.1) is 0 Å². The molecule has 1 unspecified atom stereocenters. The van der Waals surface area contributed by atoms with E-state index in [-0.39, 0.29) is 18.5 Å². The number of amides is 1. The highest BCUT2D eigenvalue weighted by Gasteiger charge is 2.33. The lowest BCUT2D eigenvalue weighted by atomic mass is 9.89. The van der Waals surface area contributed by atoms with Crippen molar-refractivity contribution < 1.29 is 18.0 Å². The van der Waals surface area contributed by atoms with E-state index in [1.165, 1.54) is 6.07 Å². The maximum atomic E-state index is 13.9. The minimum absolute atomic E-state index is 0.0625. The summed E-state index contributed by atoms with van der Waals surface area (Å²) in [6.45, 7) is 1.91. The van der Waals surface area contributed by atoms with Crippen LogP contribution in [-0.2, 0) is 19.1 Å². The Morgan fingerprint density at radius 2 is 1.97 bits per heavy atom. The molecule has 0 fully saturated rings. The van der Waals surface area contributed by atoms with E-state index in [0.29, 0.717) is 22.6 Å². The topological polar surface area (TPSA) is 85.0 Å². The molecule has 9 heteroatoms. The lowest BCUT2D eigenvalue weighted by molar-refractivity contribution is -0.137. The van der Waals surface area contributed by atoms with Crippen LogP contribution in [0.2, 0.25) is 0 Å². The van der Waals surface area contributed by atoms with Crippen molar-refractivity contribution in [1.29, 1.82) is 0 Å². The Labute approximate surface area is 206 Å². The lowest BCUT2D eigenvalue weighted by Crippen LogP contribution is -2.36. The number of aryl methyl sites for hydroxylation is 2. The van der Waals surface area contributed by atoms with Gasteiger partial charge in [-0.25, -0.2) is 4.98 Å². The van der Waals surface area contributed by atoms with E-state index in [1.807, 2.05) is 25.1 Å². The summed E-state index contributed by atoms with van der Waals surface area (Å²) in [5.74, 6) is 0.192. The van der Waals surface area contributed by atoms with Crippen molar-refractivity contribution in [2.24, 2.45) is 0 Å². The third kappa shape index (κ3) is 4.60. The number of hydrogen-bond donors (Lipinski definition) is 1. The fraction of sp³-hybridized carbons (Fsp3) is 0.259. The smallest absolute Gasteiger partial charge is 0.383 e. The van der Waals surface area contributed by atoms with Crippen molar-refractivity contribution in [1.82, 2.24) is 19.9 Å². The average Bonchev–Trinajstić information content (AvgIpc) is 2.87. The highest BCUT2D eigenvalue weighted by molar-refractivity contribution is 5.98. The van der Waals surface area contributed by atoms with Gasteiger partial charge in [0.2, 0.25) is 0 Å². The molecular weight excluding hydrogens is 467 g/mol. The minimum Gasteiger partial charge on any atom is -0.383 e. The number of rotatable bonds is 4. The van der Waals surface area contributed by atoms with Gasteiger partial charge in [-0.1, -0.05) is 6.07 Å². The number of fused-ring (bicyclic) bond motifs is 2. The van der Waals surface area contributed by atoms with E-state index in [2.05, 4.69) is 15.0 Å². The summed E-state index contributed by atoms with van der Waals surface area (Å²) in [6.07, 6.45) is 0.443. The summed E-state index contributed by atoms with van der Waals surface area (Å²) >= 11 is 0. The maximum absolute atomic E-state index is 13.9. The molecule has 1 amide bonds. The Morgan fingerprint density at radius 3 is 2.72 bits per heavy atom. The molecule has 1 atom stereocenters. The molecular formula is C27H24F3N5O. The predicted molar refractivity (Wildman–Crippen MR) is 130 cm³/mol. The fourth-order valence-electron chi connectivity index (χ4n) is 4.68. The molecule has 2 N–H and O–H groups in total. The Kier molecular flexibility index (Phi) is 6.07. The molecule has 5 rings (SSSR count). The molecule has 0 spiro atoms. The highest BCUT2D eigenvalue weighted by atomic mass is 19.4. The Hall–Kier alpha value is -4.01. The first-order valence-electron chi connectivity index (χ1n) is 11.6. The molecule has 3 aromatic heterocycles. The maximum Gasteiger partial charge on any atom is 0.417 e. The van der Waals surface area contributed by atoms with Crippen molar-refractivity contribution in [2.45, 2.75) is 44.9 Å². The molecule has 1 aliphatic rings. The van der Waals surface area contributed by atoms with Crippen molar-refractivity contribution >= 4 is 22.6 Å². The predicted octanol–water partition coefficient (Wildman–Crippen LogP) is 5.65. The first-order valence-corrected chi connectivity index (χ1v) is 11.6. The number of hydrogen-bond acceptors (Lipinski definition) is 5. The number of nitrogens with two attached hydrogens (primary N) is 1. The van der Waals surface area contributed by atoms with Gasteiger partial charge in [-0.3, -0.25) is 14.8 Å². The second-order valence-corrected chi connectivity index (χ2v) is 9.01. The second kappa shape index (κ2) is 9.22. The molecule has 184 valence electrons. The quantitative estimate of drug-likeness (QED) is 0.399. The van der Waals surface area contributed by atoms with E-state index in [1.54, 1.807) is 29.3 Å². The Bertz CT molecular complexity index is 1440. The summed E-state index contributed by atoms with van der Waals surface area (Å²) in [4.78, 5) is 28.5. The van der Waals surface area contributed by atoms with Crippen LogP contribution >= 0.6 is 0 Å². The summed E-state index contributed by atoms with van der Waals surface area (Å²) < 4.78 is 39.1. The van der Waals surface area contributed by atoms with E-state index < -0.39 is 11.7 Å². The fourth-order valence-corrected chi connectivity index (χ4v) is 4.68. The van der Waals surface area contributed by atoms with Gasteiger partial charge in [-0.05, 0) is 79.8 Å². The van der Waals surface area contributed by atoms with E-state index in [9.17, 15) is 18.0 Å². The minimum atomic E-state index is -4.48. The van der Waals surface area contributed by atoms with E-state index in [4.69, 9.17) is 5.73 Å². The zero-order valence-electron chi connectivity index (χ0n) is 19.6. The number of aromatic nitrogens is 3. The first kappa shape index (κ1) is 23.7. The number of carbonyl (C=O) groups is 1. The van der Waals surface area contributed by atoms with Crippen molar-refractivity contribution in [3.8, 4) is 0 Å². The van der Waals surface area contributed by atoms with Crippen LogP contribution in [0.15, 0.2) is 60.9 Å². The zero-order valence-corrected chi connectivity index (χ0v) is 19.6. The largest absolute Gasteiger partial charge is 0.417 e. The molecule has 0 radical (unpaired) electrons. The third-order valence-corrected chi connectivity index (χ3v) is 6.59. The van der Waals surface area contributed by atoms with Crippen molar-refractivity contribution in [2.75, 3.05) is 5.73 Å². The van der Waals surface area contributed by atoms with Gasteiger partial charge in [0.1, 0.15) is 5.82 Å². The number of halogens is 3. The summed E-state index contributed by atoms with van der Waals surface area (Å²) in [7, 11) is 0. The molecule has 0 aliphatic heterocycles. The normalized spacial score (nSPS) is 15.5. The standard InChI is InChI=1S/C27H24F3N5O/c1-16-12-18-13-17(7-10-22(18)34-25(16)31)26(36)35(15-20-9-8-19(14-33-20)27(28,29)30)24-6-2-5-23-21(24)4-3-11-32-23/h3-4,7-14,24H,2,5-6,15H2,1H3,(H2,31,34). The van der Waals surface area contributed by atoms with Crippen molar-refractivity contribution in [3.63, 3.8) is 0 Å². The van der Waals surface area contributed by atoms with Gasteiger partial charge in [0.25, 0.3) is 5.91 Å². The summed E-state index contributed by atoms with van der Waals surface area (Å²) in [5, 5.41) is 0.783. The lowest BCUT2D eigenvalue weighted by Gasteiger charge is -2.35. The van der Waals surface area contributed by atoms with Crippen LogP contribution in [0, 0.1) is 6.92 Å². The van der Waals surface area contributed by atoms with Crippen LogP contribution in [0.3, 0.4) is 0 Å². The number of anilines is 1. The number of pyridine rings is 3. The highest BCUT2D eigenvalue weighted by Crippen LogP contribution is 2.36. The Balaban J connectivity index is 1.54. The number of alkyl halides is 3.